The van der Waals surface area contributed by atoms with Gasteiger partial charge in [0.1, 0.15) is 0 Å². The van der Waals surface area contributed by atoms with Gasteiger partial charge in [0.25, 0.3) is 15.9 Å². The molecule has 2 heterocycles. The number of carbonyl (C=O) groups excluding carboxylic acids is 1. The quantitative estimate of drug-likeness (QED) is 0.173. The van der Waals surface area contributed by atoms with Crippen molar-refractivity contribution in [2.24, 2.45) is 0 Å². The molecule has 0 spiro atoms. The number of anilines is 2. The number of likely N-dealkylation sites (N-methyl/N-ethyl adjacent to an activating group) is 1. The summed E-state index contributed by atoms with van der Waals surface area (Å²) in [4.78, 5) is 17.0. The predicted octanol–water partition coefficient (Wildman–Crippen LogP) is 9.04. The molecule has 0 radical (unpaired) electrons. The van der Waals surface area contributed by atoms with Crippen LogP contribution in [-0.2, 0) is 20.2 Å². The number of sulfonamides is 1. The molecule has 5 aromatic carbocycles. The normalized spacial score (nSPS) is 17.5. The average molecular weight is 649 g/mol. The Morgan fingerprint density at radius 3 is 1.90 bits per heavy atom. The van der Waals surface area contributed by atoms with Gasteiger partial charge in [-0.1, -0.05) is 129 Å². The van der Waals surface area contributed by atoms with E-state index in [9.17, 15) is 13.2 Å². The third-order valence-electron chi connectivity index (χ3n) is 9.34. The van der Waals surface area contributed by atoms with Gasteiger partial charge in [0, 0.05) is 29.4 Å². The van der Waals surface area contributed by atoms with E-state index in [0.29, 0.717) is 22.4 Å². The number of rotatable bonds is 6. The van der Waals surface area contributed by atoms with Crippen molar-refractivity contribution in [3.8, 4) is 0 Å². The van der Waals surface area contributed by atoms with Gasteiger partial charge in [0.05, 0.1) is 16.2 Å². The molecule has 0 bridgehead atoms. The highest BCUT2D eigenvalue weighted by molar-refractivity contribution is 7.93. The van der Waals surface area contributed by atoms with Crippen LogP contribution in [0.5, 0.6) is 0 Å². The Kier molecular flexibility index (Phi) is 7.77. The standard InChI is InChI=1S/C42H36N2O3S/c1-29-23-25-33(26-24-29)48(46,47)44-37-21-13-11-19-34(37)40(41(44)45)35(31-17-9-6-10-18-31)27-32(30-15-7-5-8-16-30)28-39-42(2,3)36-20-12-14-22-38(36)43(39)4/h5-28H,1-4H3/b32-27+,39-28+,40-35-. The maximum atomic E-state index is 14.7. The summed E-state index contributed by atoms with van der Waals surface area (Å²) in [6, 6.07) is 42.0. The van der Waals surface area contributed by atoms with E-state index in [-0.39, 0.29) is 10.3 Å². The SMILES string of the molecule is Cc1ccc(S(=O)(=O)N2C(=O)/C(=C(/C=C(\C=C3\N(C)c4ccccc4C3(C)C)c3ccccc3)c3ccccc3)c3ccccc32)cc1. The van der Waals surface area contributed by atoms with Crippen LogP contribution in [0.15, 0.2) is 156 Å². The van der Waals surface area contributed by atoms with Crippen molar-refractivity contribution < 1.29 is 13.2 Å². The van der Waals surface area contributed by atoms with Crippen LogP contribution >= 0.6 is 0 Å². The summed E-state index contributed by atoms with van der Waals surface area (Å²) >= 11 is 0. The molecular formula is C42H36N2O3S. The number of nitrogens with zero attached hydrogens (tertiary/aromatic N) is 2. The third kappa shape index (κ3) is 5.19. The number of fused-ring (bicyclic) bond motifs is 2. The summed E-state index contributed by atoms with van der Waals surface area (Å²) in [5.74, 6) is -0.585. The lowest BCUT2D eigenvalue weighted by molar-refractivity contribution is -0.111. The Morgan fingerprint density at radius 2 is 1.25 bits per heavy atom. The summed E-state index contributed by atoms with van der Waals surface area (Å²) in [5.41, 5.74) is 8.71. The van der Waals surface area contributed by atoms with Crippen LogP contribution in [0, 0.1) is 6.92 Å². The average Bonchev–Trinajstić information content (AvgIpc) is 3.50. The van der Waals surface area contributed by atoms with E-state index >= 15 is 0 Å². The third-order valence-corrected chi connectivity index (χ3v) is 11.1. The Hall–Kier alpha value is -5.46. The Balaban J connectivity index is 1.50. The zero-order valence-corrected chi connectivity index (χ0v) is 28.2. The van der Waals surface area contributed by atoms with Crippen molar-refractivity contribution in [1.82, 2.24) is 0 Å². The van der Waals surface area contributed by atoms with E-state index in [2.05, 4.69) is 68.3 Å². The molecule has 1 amide bonds. The van der Waals surface area contributed by atoms with Crippen molar-refractivity contribution in [3.63, 3.8) is 0 Å². The molecule has 7 rings (SSSR count). The van der Waals surface area contributed by atoms with E-state index in [1.165, 1.54) is 5.56 Å². The Morgan fingerprint density at radius 1 is 0.688 bits per heavy atom. The highest BCUT2D eigenvalue weighted by Gasteiger charge is 2.42. The molecule has 0 saturated heterocycles. The molecule has 0 saturated carbocycles. The Labute approximate surface area is 282 Å². The first-order valence-corrected chi connectivity index (χ1v) is 17.4. The van der Waals surface area contributed by atoms with Crippen molar-refractivity contribution in [2.45, 2.75) is 31.1 Å². The van der Waals surface area contributed by atoms with Gasteiger partial charge < -0.3 is 4.90 Å². The van der Waals surface area contributed by atoms with Crippen LogP contribution in [0.4, 0.5) is 11.4 Å². The van der Waals surface area contributed by atoms with Crippen LogP contribution in [0.2, 0.25) is 0 Å². The molecule has 0 aromatic heterocycles. The van der Waals surface area contributed by atoms with E-state index in [4.69, 9.17) is 0 Å². The summed E-state index contributed by atoms with van der Waals surface area (Å²) in [7, 11) is -2.12. The molecule has 5 nitrogen and oxygen atoms in total. The molecule has 5 aromatic rings. The fourth-order valence-corrected chi connectivity index (χ4v) is 8.24. The second-order valence-corrected chi connectivity index (χ2v) is 14.5. The highest BCUT2D eigenvalue weighted by Crippen LogP contribution is 2.48. The minimum absolute atomic E-state index is 0.0649. The van der Waals surface area contributed by atoms with Gasteiger partial charge in [0.15, 0.2) is 0 Å². The summed E-state index contributed by atoms with van der Waals surface area (Å²) in [6.07, 6.45) is 4.24. The monoisotopic (exact) mass is 648 g/mol. The minimum Gasteiger partial charge on any atom is -0.347 e. The summed E-state index contributed by atoms with van der Waals surface area (Å²) < 4.78 is 29.3. The van der Waals surface area contributed by atoms with E-state index in [1.54, 1.807) is 36.4 Å². The molecule has 6 heteroatoms. The van der Waals surface area contributed by atoms with E-state index in [0.717, 1.165) is 38.0 Å². The highest BCUT2D eigenvalue weighted by atomic mass is 32.2. The number of hydrogen-bond donors (Lipinski definition) is 0. The number of aryl methyl sites for hydroxylation is 1. The first kappa shape index (κ1) is 31.2. The van der Waals surface area contributed by atoms with E-state index in [1.807, 2.05) is 73.7 Å². The van der Waals surface area contributed by atoms with Crippen LogP contribution in [0.1, 0.15) is 41.7 Å². The number of hydrogen-bond acceptors (Lipinski definition) is 4. The van der Waals surface area contributed by atoms with Crippen LogP contribution in [0.3, 0.4) is 0 Å². The van der Waals surface area contributed by atoms with Gasteiger partial charge in [0.2, 0.25) is 0 Å². The second kappa shape index (κ2) is 12.0. The number of allylic oxidation sites excluding steroid dienone is 5. The number of carbonyl (C=O) groups is 1. The molecule has 2 aliphatic rings. The Bertz CT molecular complexity index is 2250. The van der Waals surface area contributed by atoms with Gasteiger partial charge in [-0.05, 0) is 71.2 Å². The topological polar surface area (TPSA) is 57.7 Å². The lowest BCUT2D eigenvalue weighted by Crippen LogP contribution is -2.33. The molecular weight excluding hydrogens is 613 g/mol. The molecule has 238 valence electrons. The molecule has 48 heavy (non-hydrogen) atoms. The number of benzene rings is 5. The number of amides is 1. The smallest absolute Gasteiger partial charge is 0.273 e. The van der Waals surface area contributed by atoms with Gasteiger partial charge >= 0.3 is 0 Å². The lowest BCUT2D eigenvalue weighted by Gasteiger charge is -2.25. The van der Waals surface area contributed by atoms with Gasteiger partial charge in [-0.3, -0.25) is 4.79 Å². The molecule has 0 aliphatic carbocycles. The molecule has 0 N–H and O–H groups in total. The second-order valence-electron chi connectivity index (χ2n) is 12.8. The fraction of sp³-hybridized carbons (Fsp3) is 0.119. The van der Waals surface area contributed by atoms with Crippen LogP contribution < -0.4 is 9.21 Å². The first-order chi connectivity index (χ1) is 23.1. The van der Waals surface area contributed by atoms with Gasteiger partial charge in [-0.25, -0.2) is 8.42 Å². The van der Waals surface area contributed by atoms with Crippen molar-refractivity contribution >= 4 is 44.0 Å². The molecule has 0 atom stereocenters. The minimum atomic E-state index is -4.21. The van der Waals surface area contributed by atoms with Crippen molar-refractivity contribution in [2.75, 3.05) is 16.3 Å². The maximum absolute atomic E-state index is 14.7. The molecule has 2 aliphatic heterocycles. The number of para-hydroxylation sites is 2. The lowest BCUT2D eigenvalue weighted by atomic mass is 9.82. The largest absolute Gasteiger partial charge is 0.347 e. The predicted molar refractivity (Wildman–Crippen MR) is 196 cm³/mol. The fourth-order valence-electron chi connectivity index (χ4n) is 6.82. The van der Waals surface area contributed by atoms with Crippen LogP contribution in [0.25, 0.3) is 16.7 Å². The van der Waals surface area contributed by atoms with Gasteiger partial charge in [-0.2, -0.15) is 4.31 Å². The summed E-state index contributed by atoms with van der Waals surface area (Å²) in [5, 5.41) is 0. The van der Waals surface area contributed by atoms with Crippen LogP contribution in [-0.4, -0.2) is 21.4 Å². The zero-order chi connectivity index (χ0) is 33.6. The first-order valence-electron chi connectivity index (χ1n) is 16.0. The maximum Gasteiger partial charge on any atom is 0.273 e. The zero-order valence-electron chi connectivity index (χ0n) is 27.4. The van der Waals surface area contributed by atoms with Crippen molar-refractivity contribution in [1.29, 1.82) is 0 Å². The molecule has 0 unspecified atom stereocenters. The van der Waals surface area contributed by atoms with Gasteiger partial charge in [-0.15, -0.1) is 0 Å². The van der Waals surface area contributed by atoms with E-state index < -0.39 is 15.9 Å². The summed E-state index contributed by atoms with van der Waals surface area (Å²) in [6.45, 7) is 6.35. The molecule has 0 fully saturated rings. The van der Waals surface area contributed by atoms with Crippen molar-refractivity contribution in [3.05, 3.63) is 179 Å².